The number of nitrogens with one attached hydrogen (secondary N) is 2. The zero-order chi connectivity index (χ0) is 11.8. The highest BCUT2D eigenvalue weighted by Crippen LogP contribution is 2.17. The fraction of sp³-hybridized carbons (Fsp3) is 0.917. The summed E-state index contributed by atoms with van der Waals surface area (Å²) >= 11 is 1.85. The molecule has 1 unspecified atom stereocenters. The van der Waals surface area contributed by atoms with Crippen molar-refractivity contribution in [3.63, 3.8) is 0 Å². The maximum absolute atomic E-state index is 11.6. The Morgan fingerprint density at radius 2 is 2.12 bits per heavy atom. The van der Waals surface area contributed by atoms with Gasteiger partial charge in [0.25, 0.3) is 0 Å². The molecule has 0 aromatic rings. The number of hydrogen-bond acceptors (Lipinski definition) is 3. The van der Waals surface area contributed by atoms with Crippen molar-refractivity contribution in [3.8, 4) is 0 Å². The Balaban J connectivity index is 2.04. The summed E-state index contributed by atoms with van der Waals surface area (Å²) in [6.45, 7) is 2.60. The van der Waals surface area contributed by atoms with Gasteiger partial charge in [0.2, 0.25) is 5.91 Å². The second-order valence-electron chi connectivity index (χ2n) is 4.61. The van der Waals surface area contributed by atoms with Crippen molar-refractivity contribution in [1.29, 1.82) is 0 Å². The molecule has 1 saturated carbocycles. The summed E-state index contributed by atoms with van der Waals surface area (Å²) in [7, 11) is 0. The van der Waals surface area contributed by atoms with E-state index in [1.54, 1.807) is 0 Å². The Hall–Kier alpha value is -0.220. The standard InChI is InChI=1S/C12H24N2OS/c1-10(7-8-16-2)13-9-12(15)14-11-5-3-4-6-11/h10-11,13H,3-9H2,1-2H3,(H,14,15). The van der Waals surface area contributed by atoms with Crippen LogP contribution in [0.15, 0.2) is 0 Å². The summed E-state index contributed by atoms with van der Waals surface area (Å²) in [4.78, 5) is 11.6. The van der Waals surface area contributed by atoms with Crippen LogP contribution in [0.3, 0.4) is 0 Å². The Morgan fingerprint density at radius 1 is 1.44 bits per heavy atom. The number of hydrogen-bond donors (Lipinski definition) is 2. The topological polar surface area (TPSA) is 41.1 Å². The van der Waals surface area contributed by atoms with Gasteiger partial charge in [0.1, 0.15) is 0 Å². The van der Waals surface area contributed by atoms with Crippen LogP contribution in [0, 0.1) is 0 Å². The van der Waals surface area contributed by atoms with E-state index in [1.807, 2.05) is 11.8 Å². The zero-order valence-electron chi connectivity index (χ0n) is 10.4. The molecule has 1 aliphatic rings. The van der Waals surface area contributed by atoms with Crippen LogP contribution in [0.2, 0.25) is 0 Å². The van der Waals surface area contributed by atoms with Gasteiger partial charge in [-0.2, -0.15) is 11.8 Å². The highest BCUT2D eigenvalue weighted by Gasteiger charge is 2.16. The molecule has 4 heteroatoms. The van der Waals surface area contributed by atoms with Crippen LogP contribution < -0.4 is 10.6 Å². The Kier molecular flexibility index (Phi) is 6.88. The van der Waals surface area contributed by atoms with Crippen LogP contribution in [0.5, 0.6) is 0 Å². The molecule has 94 valence electrons. The van der Waals surface area contributed by atoms with Gasteiger partial charge in [0, 0.05) is 12.1 Å². The third-order valence-electron chi connectivity index (χ3n) is 3.09. The van der Waals surface area contributed by atoms with E-state index in [2.05, 4.69) is 23.8 Å². The molecule has 0 radical (unpaired) electrons. The largest absolute Gasteiger partial charge is 0.352 e. The molecular formula is C12H24N2OS. The molecule has 0 aromatic heterocycles. The van der Waals surface area contributed by atoms with Gasteiger partial charge in [-0.25, -0.2) is 0 Å². The number of carbonyl (C=O) groups excluding carboxylic acids is 1. The first kappa shape index (κ1) is 13.8. The molecule has 1 atom stereocenters. The number of rotatable bonds is 7. The number of thioether (sulfide) groups is 1. The first-order chi connectivity index (χ1) is 7.72. The van der Waals surface area contributed by atoms with Crippen molar-refractivity contribution in [1.82, 2.24) is 10.6 Å². The molecule has 16 heavy (non-hydrogen) atoms. The van der Waals surface area contributed by atoms with Crippen molar-refractivity contribution < 1.29 is 4.79 Å². The molecule has 1 aliphatic carbocycles. The molecule has 1 fully saturated rings. The van der Waals surface area contributed by atoms with Crippen LogP contribution in [-0.2, 0) is 4.79 Å². The van der Waals surface area contributed by atoms with Gasteiger partial charge in [0.15, 0.2) is 0 Å². The van der Waals surface area contributed by atoms with Gasteiger partial charge in [-0.15, -0.1) is 0 Å². The van der Waals surface area contributed by atoms with Gasteiger partial charge in [-0.3, -0.25) is 4.79 Å². The van der Waals surface area contributed by atoms with Crippen LogP contribution in [0.4, 0.5) is 0 Å². The van der Waals surface area contributed by atoms with Crippen LogP contribution in [0.1, 0.15) is 39.0 Å². The lowest BCUT2D eigenvalue weighted by Gasteiger charge is -2.15. The van der Waals surface area contributed by atoms with Gasteiger partial charge >= 0.3 is 0 Å². The summed E-state index contributed by atoms with van der Waals surface area (Å²) in [5.41, 5.74) is 0. The minimum atomic E-state index is 0.155. The second-order valence-corrected chi connectivity index (χ2v) is 5.60. The van der Waals surface area contributed by atoms with E-state index in [-0.39, 0.29) is 5.91 Å². The second kappa shape index (κ2) is 7.96. The van der Waals surface area contributed by atoms with Gasteiger partial charge in [-0.05, 0) is 38.2 Å². The summed E-state index contributed by atoms with van der Waals surface area (Å²) in [6.07, 6.45) is 8.09. The lowest BCUT2D eigenvalue weighted by molar-refractivity contribution is -0.121. The molecule has 0 spiro atoms. The third kappa shape index (κ3) is 5.75. The van der Waals surface area contributed by atoms with Crippen molar-refractivity contribution in [2.24, 2.45) is 0 Å². The summed E-state index contributed by atoms with van der Waals surface area (Å²) < 4.78 is 0. The van der Waals surface area contributed by atoms with Gasteiger partial charge in [-0.1, -0.05) is 12.8 Å². The molecule has 2 N–H and O–H groups in total. The lowest BCUT2D eigenvalue weighted by Crippen LogP contribution is -2.41. The molecule has 0 heterocycles. The van der Waals surface area contributed by atoms with Gasteiger partial charge < -0.3 is 10.6 Å². The quantitative estimate of drug-likeness (QED) is 0.717. The Labute approximate surface area is 103 Å². The molecule has 0 aromatic carbocycles. The maximum atomic E-state index is 11.6. The van der Waals surface area contributed by atoms with Crippen molar-refractivity contribution in [2.45, 2.75) is 51.1 Å². The van der Waals surface area contributed by atoms with Gasteiger partial charge in [0.05, 0.1) is 6.54 Å². The normalized spacial score (nSPS) is 18.6. The minimum absolute atomic E-state index is 0.155. The monoisotopic (exact) mass is 244 g/mol. The molecule has 1 amide bonds. The lowest BCUT2D eigenvalue weighted by atomic mass is 10.2. The summed E-state index contributed by atoms with van der Waals surface area (Å²) in [5, 5.41) is 6.35. The van der Waals surface area contributed by atoms with E-state index >= 15 is 0 Å². The van der Waals surface area contributed by atoms with Crippen molar-refractivity contribution >= 4 is 17.7 Å². The van der Waals surface area contributed by atoms with E-state index in [4.69, 9.17) is 0 Å². The van der Waals surface area contributed by atoms with Crippen LogP contribution in [-0.4, -0.2) is 36.5 Å². The fourth-order valence-corrected chi connectivity index (χ4v) is 2.60. The smallest absolute Gasteiger partial charge is 0.234 e. The van der Waals surface area contributed by atoms with Crippen LogP contribution >= 0.6 is 11.8 Å². The van der Waals surface area contributed by atoms with E-state index in [0.29, 0.717) is 18.6 Å². The maximum Gasteiger partial charge on any atom is 0.234 e. The minimum Gasteiger partial charge on any atom is -0.352 e. The van der Waals surface area contributed by atoms with Crippen molar-refractivity contribution in [3.05, 3.63) is 0 Å². The molecular weight excluding hydrogens is 220 g/mol. The SMILES string of the molecule is CSCCC(C)NCC(=O)NC1CCCC1. The highest BCUT2D eigenvalue weighted by molar-refractivity contribution is 7.98. The van der Waals surface area contributed by atoms with E-state index in [1.165, 1.54) is 12.8 Å². The molecule has 0 aliphatic heterocycles. The summed E-state index contributed by atoms with van der Waals surface area (Å²) in [5.74, 6) is 1.31. The van der Waals surface area contributed by atoms with Crippen LogP contribution in [0.25, 0.3) is 0 Å². The molecule has 3 nitrogen and oxygen atoms in total. The van der Waals surface area contributed by atoms with E-state index in [9.17, 15) is 4.79 Å². The zero-order valence-corrected chi connectivity index (χ0v) is 11.2. The molecule has 0 saturated heterocycles. The first-order valence-corrected chi connectivity index (χ1v) is 7.63. The number of amides is 1. The third-order valence-corrected chi connectivity index (χ3v) is 3.73. The summed E-state index contributed by atoms with van der Waals surface area (Å²) in [6, 6.07) is 0.873. The van der Waals surface area contributed by atoms with E-state index in [0.717, 1.165) is 25.0 Å². The Bertz CT molecular complexity index is 205. The average molecular weight is 244 g/mol. The molecule has 0 bridgehead atoms. The Morgan fingerprint density at radius 3 is 2.75 bits per heavy atom. The fourth-order valence-electron chi connectivity index (χ4n) is 2.01. The van der Waals surface area contributed by atoms with Crippen molar-refractivity contribution in [2.75, 3.05) is 18.6 Å². The predicted molar refractivity (Wildman–Crippen MR) is 70.9 cm³/mol. The highest BCUT2D eigenvalue weighted by atomic mass is 32.2. The first-order valence-electron chi connectivity index (χ1n) is 6.24. The molecule has 1 rings (SSSR count). The average Bonchev–Trinajstić information content (AvgIpc) is 2.76. The predicted octanol–water partition coefficient (Wildman–Crippen LogP) is 1.78. The van der Waals surface area contributed by atoms with E-state index < -0.39 is 0 Å². The number of carbonyl (C=O) groups is 1.